The molecule has 0 aromatic heterocycles. The second-order valence-electron chi connectivity index (χ2n) is 3.46. The van der Waals surface area contributed by atoms with Crippen LogP contribution in [-0.2, 0) is 9.53 Å². The van der Waals surface area contributed by atoms with Gasteiger partial charge in [-0.3, -0.25) is 0 Å². The first-order valence-corrected chi connectivity index (χ1v) is 4.32. The van der Waals surface area contributed by atoms with Crippen LogP contribution in [0.2, 0.25) is 0 Å². The van der Waals surface area contributed by atoms with Crippen molar-refractivity contribution >= 4 is 5.97 Å². The lowest BCUT2D eigenvalue weighted by Crippen LogP contribution is -2.43. The number of ether oxygens (including phenoxy) is 1. The summed E-state index contributed by atoms with van der Waals surface area (Å²) in [6.07, 6.45) is -8.22. The van der Waals surface area contributed by atoms with Crippen LogP contribution in [-0.4, -0.2) is 29.2 Å². The molecule has 0 heterocycles. The van der Waals surface area contributed by atoms with Gasteiger partial charge in [-0.05, 0) is 13.8 Å². The van der Waals surface area contributed by atoms with Crippen LogP contribution in [0.25, 0.3) is 0 Å². The van der Waals surface area contributed by atoms with Crippen molar-refractivity contribution in [3.63, 3.8) is 0 Å². The maximum Gasteiger partial charge on any atom is 0.448 e. The Kier molecular flexibility index (Phi) is 4.48. The van der Waals surface area contributed by atoms with Gasteiger partial charge in [0.05, 0.1) is 6.42 Å². The summed E-state index contributed by atoms with van der Waals surface area (Å²) in [6, 6.07) is 0. The maximum atomic E-state index is 12.7. The molecule has 0 aliphatic heterocycles. The molecule has 0 saturated carbocycles. The number of halogens is 4. The third-order valence-electron chi connectivity index (χ3n) is 1.65. The lowest BCUT2D eigenvalue weighted by molar-refractivity contribution is -0.322. The molecule has 94 valence electrons. The normalized spacial score (nSPS) is 17.4. The van der Waals surface area contributed by atoms with Gasteiger partial charge in [0.25, 0.3) is 0 Å². The highest BCUT2D eigenvalue weighted by atomic mass is 19.4. The largest absolute Gasteiger partial charge is 0.459 e. The smallest absolute Gasteiger partial charge is 0.448 e. The highest BCUT2D eigenvalue weighted by Gasteiger charge is 2.55. The second-order valence-corrected chi connectivity index (χ2v) is 3.46. The van der Waals surface area contributed by atoms with Crippen molar-refractivity contribution in [3.05, 3.63) is 12.2 Å². The number of carbonyl (C=O) groups is 1. The zero-order valence-corrected chi connectivity index (χ0v) is 8.77. The van der Waals surface area contributed by atoms with Crippen LogP contribution in [0.15, 0.2) is 12.2 Å². The van der Waals surface area contributed by atoms with E-state index < -0.39 is 30.5 Å². The molecule has 0 aliphatic rings. The van der Waals surface area contributed by atoms with Gasteiger partial charge in [-0.25, -0.2) is 9.18 Å². The molecule has 0 fully saturated rings. The number of hydrogen-bond acceptors (Lipinski definition) is 3. The van der Waals surface area contributed by atoms with Crippen molar-refractivity contribution in [1.82, 2.24) is 0 Å². The lowest BCUT2D eigenvalue weighted by atomic mass is 10.1. The first-order chi connectivity index (χ1) is 6.97. The molecule has 0 bridgehead atoms. The maximum absolute atomic E-state index is 12.7. The van der Waals surface area contributed by atoms with Crippen molar-refractivity contribution in [2.45, 2.75) is 38.4 Å². The van der Waals surface area contributed by atoms with E-state index >= 15 is 0 Å². The van der Waals surface area contributed by atoms with Crippen LogP contribution < -0.4 is 0 Å². The molecule has 7 heteroatoms. The Bertz CT molecular complexity index is 283. The molecule has 0 saturated heterocycles. The fraction of sp³-hybridized carbons (Fsp3) is 0.667. The summed E-state index contributed by atoms with van der Waals surface area (Å²) in [5.41, 5.74) is -0.0266. The van der Waals surface area contributed by atoms with E-state index in [0.29, 0.717) is 0 Å². The van der Waals surface area contributed by atoms with Crippen molar-refractivity contribution in [1.29, 1.82) is 0 Å². The van der Waals surface area contributed by atoms with Gasteiger partial charge in [-0.15, -0.1) is 0 Å². The summed E-state index contributed by atoms with van der Waals surface area (Å²) < 4.78 is 52.8. The summed E-state index contributed by atoms with van der Waals surface area (Å²) in [6.45, 7) is 5.53. The van der Waals surface area contributed by atoms with Gasteiger partial charge in [-0.1, -0.05) is 6.58 Å². The van der Waals surface area contributed by atoms with Crippen molar-refractivity contribution < 1.29 is 32.2 Å². The molecule has 16 heavy (non-hydrogen) atoms. The zero-order valence-electron chi connectivity index (χ0n) is 8.77. The van der Waals surface area contributed by atoms with E-state index in [2.05, 4.69) is 11.3 Å². The molecule has 3 nitrogen and oxygen atoms in total. The van der Waals surface area contributed by atoms with E-state index in [4.69, 9.17) is 5.11 Å². The van der Waals surface area contributed by atoms with Gasteiger partial charge in [0.15, 0.2) is 0 Å². The molecule has 0 aromatic rings. The van der Waals surface area contributed by atoms with Crippen LogP contribution >= 0.6 is 0 Å². The zero-order chi connectivity index (χ0) is 13.1. The van der Waals surface area contributed by atoms with Crippen LogP contribution in [0.1, 0.15) is 20.3 Å². The fourth-order valence-corrected chi connectivity index (χ4v) is 0.822. The standard InChI is InChI=1S/C9H12F4O3/c1-5(2)7(14)16-6(3)4-8(10,15)9(11,12)13/h6,15H,1,4H2,2-3H3. The second kappa shape index (κ2) is 4.82. The Hall–Kier alpha value is -1.11. The Morgan fingerprint density at radius 3 is 2.19 bits per heavy atom. The topological polar surface area (TPSA) is 46.5 Å². The van der Waals surface area contributed by atoms with E-state index in [1.165, 1.54) is 6.92 Å². The van der Waals surface area contributed by atoms with Crippen molar-refractivity contribution in [2.75, 3.05) is 0 Å². The van der Waals surface area contributed by atoms with Crippen LogP contribution in [0.3, 0.4) is 0 Å². The minimum Gasteiger partial charge on any atom is -0.459 e. The molecule has 0 spiro atoms. The quantitative estimate of drug-likeness (QED) is 0.468. The minimum atomic E-state index is -5.42. The third kappa shape index (κ3) is 4.18. The Labute approximate surface area is 89.7 Å². The monoisotopic (exact) mass is 244 g/mol. The molecular weight excluding hydrogens is 232 g/mol. The Morgan fingerprint density at radius 2 is 1.88 bits per heavy atom. The molecule has 0 amide bonds. The molecule has 0 radical (unpaired) electrons. The number of esters is 1. The van der Waals surface area contributed by atoms with Gasteiger partial charge >= 0.3 is 18.0 Å². The summed E-state index contributed by atoms with van der Waals surface area (Å²) in [4.78, 5) is 10.9. The van der Waals surface area contributed by atoms with Gasteiger partial charge in [0.2, 0.25) is 0 Å². The average Bonchev–Trinajstić information content (AvgIpc) is 1.99. The average molecular weight is 244 g/mol. The van der Waals surface area contributed by atoms with Gasteiger partial charge in [-0.2, -0.15) is 13.2 Å². The minimum absolute atomic E-state index is 0.0266. The summed E-state index contributed by atoms with van der Waals surface area (Å²) in [5.74, 6) is -5.31. The number of hydrogen-bond donors (Lipinski definition) is 1. The Balaban J connectivity index is 4.41. The number of alkyl halides is 4. The lowest BCUT2D eigenvalue weighted by Gasteiger charge is -2.24. The van der Waals surface area contributed by atoms with Crippen molar-refractivity contribution in [2.24, 2.45) is 0 Å². The molecule has 0 aromatic carbocycles. The molecule has 0 aliphatic carbocycles. The van der Waals surface area contributed by atoms with E-state index in [1.807, 2.05) is 0 Å². The predicted molar refractivity (Wildman–Crippen MR) is 47.1 cm³/mol. The first-order valence-electron chi connectivity index (χ1n) is 4.32. The van der Waals surface area contributed by atoms with E-state index in [-0.39, 0.29) is 5.57 Å². The molecule has 2 atom stereocenters. The first kappa shape index (κ1) is 14.9. The Morgan fingerprint density at radius 1 is 1.44 bits per heavy atom. The van der Waals surface area contributed by atoms with Crippen LogP contribution in [0.4, 0.5) is 17.6 Å². The van der Waals surface area contributed by atoms with Crippen LogP contribution in [0.5, 0.6) is 0 Å². The highest BCUT2D eigenvalue weighted by Crippen LogP contribution is 2.35. The van der Waals surface area contributed by atoms with E-state index in [9.17, 15) is 22.4 Å². The summed E-state index contributed by atoms with van der Waals surface area (Å²) in [5, 5.41) is 8.47. The molecule has 0 rings (SSSR count). The number of carbonyl (C=O) groups excluding carboxylic acids is 1. The van der Waals surface area contributed by atoms with Gasteiger partial charge in [0.1, 0.15) is 6.10 Å². The van der Waals surface area contributed by atoms with Crippen molar-refractivity contribution in [3.8, 4) is 0 Å². The predicted octanol–water partition coefficient (Wildman–Crippen LogP) is 2.10. The third-order valence-corrected chi connectivity index (χ3v) is 1.65. The SMILES string of the molecule is C=C(C)C(=O)OC(C)CC(O)(F)C(F)(F)F. The van der Waals surface area contributed by atoms with Crippen LogP contribution in [0, 0.1) is 0 Å². The van der Waals surface area contributed by atoms with E-state index in [1.54, 1.807) is 0 Å². The van der Waals surface area contributed by atoms with E-state index in [0.717, 1.165) is 6.92 Å². The van der Waals surface area contributed by atoms with Gasteiger partial charge in [0, 0.05) is 5.57 Å². The van der Waals surface area contributed by atoms with Gasteiger partial charge < -0.3 is 9.84 Å². The number of aliphatic hydroxyl groups is 1. The summed E-state index contributed by atoms with van der Waals surface area (Å²) in [7, 11) is 0. The summed E-state index contributed by atoms with van der Waals surface area (Å²) >= 11 is 0. The molecule has 1 N–H and O–H groups in total. The highest BCUT2D eigenvalue weighted by molar-refractivity contribution is 5.87. The molecule has 2 unspecified atom stereocenters. The number of rotatable bonds is 4. The molecular formula is C9H12F4O3. The fourth-order valence-electron chi connectivity index (χ4n) is 0.822.